The van der Waals surface area contributed by atoms with Gasteiger partial charge in [0.2, 0.25) is 0 Å². The molecular formula is C20H24O4. The molecule has 4 heteroatoms. The molecule has 1 heterocycles. The van der Waals surface area contributed by atoms with Crippen LogP contribution in [0.1, 0.15) is 24.7 Å². The largest absolute Gasteiger partial charge is 0.396 e. The third-order valence-corrected chi connectivity index (χ3v) is 4.66. The van der Waals surface area contributed by atoms with Gasteiger partial charge in [0.15, 0.2) is 6.29 Å². The van der Waals surface area contributed by atoms with E-state index in [1.54, 1.807) is 0 Å². The molecule has 4 nitrogen and oxygen atoms in total. The molecule has 0 bridgehead atoms. The van der Waals surface area contributed by atoms with Gasteiger partial charge < -0.3 is 19.7 Å². The van der Waals surface area contributed by atoms with Crippen molar-refractivity contribution < 1.29 is 19.7 Å². The van der Waals surface area contributed by atoms with Crippen LogP contribution in [-0.2, 0) is 9.47 Å². The minimum Gasteiger partial charge on any atom is -0.396 e. The molecule has 3 rings (SSSR count). The van der Waals surface area contributed by atoms with Gasteiger partial charge in [0.25, 0.3) is 0 Å². The smallest absolute Gasteiger partial charge is 0.183 e. The first-order chi connectivity index (χ1) is 11.8. The van der Waals surface area contributed by atoms with Gasteiger partial charge in [0, 0.05) is 24.2 Å². The van der Waals surface area contributed by atoms with E-state index in [0.29, 0.717) is 26.1 Å². The molecule has 0 radical (unpaired) electrons. The van der Waals surface area contributed by atoms with E-state index in [1.807, 2.05) is 30.3 Å². The van der Waals surface area contributed by atoms with Crippen LogP contribution < -0.4 is 0 Å². The average Bonchev–Trinajstić information content (AvgIpc) is 2.64. The molecular weight excluding hydrogens is 304 g/mol. The van der Waals surface area contributed by atoms with Gasteiger partial charge in [0.1, 0.15) is 0 Å². The second-order valence-corrected chi connectivity index (χ2v) is 6.39. The van der Waals surface area contributed by atoms with E-state index in [2.05, 4.69) is 24.3 Å². The van der Waals surface area contributed by atoms with Gasteiger partial charge in [-0.15, -0.1) is 0 Å². The highest BCUT2D eigenvalue weighted by molar-refractivity contribution is 5.63. The Bertz CT molecular complexity index is 608. The predicted molar refractivity (Wildman–Crippen MR) is 92.4 cm³/mol. The SMILES string of the molecule is OCCC1(CCO)COC(c2ccc(-c3ccccc3)cc2)OC1. The van der Waals surface area contributed by atoms with Crippen LogP contribution in [0.5, 0.6) is 0 Å². The maximum Gasteiger partial charge on any atom is 0.183 e. The second kappa shape index (κ2) is 7.90. The van der Waals surface area contributed by atoms with Gasteiger partial charge in [-0.3, -0.25) is 0 Å². The molecule has 0 aliphatic carbocycles. The maximum absolute atomic E-state index is 9.24. The molecule has 1 fully saturated rings. The Balaban J connectivity index is 1.66. The van der Waals surface area contributed by atoms with Crippen LogP contribution in [0.2, 0.25) is 0 Å². The van der Waals surface area contributed by atoms with E-state index in [4.69, 9.17) is 9.47 Å². The molecule has 1 saturated heterocycles. The van der Waals surface area contributed by atoms with Crippen molar-refractivity contribution in [3.63, 3.8) is 0 Å². The summed E-state index contributed by atoms with van der Waals surface area (Å²) < 4.78 is 11.8. The third kappa shape index (κ3) is 3.84. The lowest BCUT2D eigenvalue weighted by Crippen LogP contribution is -2.40. The fourth-order valence-electron chi connectivity index (χ4n) is 3.14. The predicted octanol–water partition coefficient (Wildman–Crippen LogP) is 3.15. The zero-order chi connectivity index (χ0) is 16.8. The van der Waals surface area contributed by atoms with Gasteiger partial charge >= 0.3 is 0 Å². The molecule has 128 valence electrons. The highest BCUT2D eigenvalue weighted by Crippen LogP contribution is 2.36. The molecule has 1 aliphatic heterocycles. The zero-order valence-electron chi connectivity index (χ0n) is 13.7. The lowest BCUT2D eigenvalue weighted by molar-refractivity contribution is -0.240. The van der Waals surface area contributed by atoms with Crippen molar-refractivity contribution in [2.24, 2.45) is 5.41 Å². The van der Waals surface area contributed by atoms with Crippen LogP contribution in [0.3, 0.4) is 0 Å². The standard InChI is InChI=1S/C20H24O4/c21-12-10-20(11-13-22)14-23-19(24-15-20)18-8-6-17(7-9-18)16-4-2-1-3-5-16/h1-9,19,21-22H,10-15H2. The van der Waals surface area contributed by atoms with Crippen LogP contribution in [0.25, 0.3) is 11.1 Å². The van der Waals surface area contributed by atoms with E-state index in [1.165, 1.54) is 5.56 Å². The van der Waals surface area contributed by atoms with Crippen molar-refractivity contribution >= 4 is 0 Å². The molecule has 0 spiro atoms. The molecule has 1 aliphatic rings. The highest BCUT2D eigenvalue weighted by Gasteiger charge is 2.36. The van der Waals surface area contributed by atoms with E-state index < -0.39 is 0 Å². The Hall–Kier alpha value is -1.72. The maximum atomic E-state index is 9.24. The number of hydrogen-bond acceptors (Lipinski definition) is 4. The number of benzene rings is 2. The Kier molecular flexibility index (Phi) is 5.63. The lowest BCUT2D eigenvalue weighted by atomic mass is 9.82. The van der Waals surface area contributed by atoms with Crippen LogP contribution in [-0.4, -0.2) is 36.6 Å². The normalized spacial score (nSPS) is 17.8. The molecule has 24 heavy (non-hydrogen) atoms. The first-order valence-electron chi connectivity index (χ1n) is 8.37. The monoisotopic (exact) mass is 328 g/mol. The summed E-state index contributed by atoms with van der Waals surface area (Å²) in [6, 6.07) is 18.4. The van der Waals surface area contributed by atoms with Crippen molar-refractivity contribution in [1.29, 1.82) is 0 Å². The summed E-state index contributed by atoms with van der Waals surface area (Å²) in [5.41, 5.74) is 3.03. The quantitative estimate of drug-likeness (QED) is 0.855. The van der Waals surface area contributed by atoms with E-state index >= 15 is 0 Å². The number of hydrogen-bond donors (Lipinski definition) is 2. The molecule has 0 unspecified atom stereocenters. The first-order valence-corrected chi connectivity index (χ1v) is 8.37. The van der Waals surface area contributed by atoms with Crippen LogP contribution in [0.4, 0.5) is 0 Å². The van der Waals surface area contributed by atoms with Crippen molar-refractivity contribution in [2.45, 2.75) is 19.1 Å². The average molecular weight is 328 g/mol. The molecule has 0 atom stereocenters. The van der Waals surface area contributed by atoms with Gasteiger partial charge in [-0.25, -0.2) is 0 Å². The molecule has 0 saturated carbocycles. The molecule has 0 aromatic heterocycles. The number of rotatable bonds is 6. The third-order valence-electron chi connectivity index (χ3n) is 4.66. The van der Waals surface area contributed by atoms with Crippen molar-refractivity contribution in [1.82, 2.24) is 0 Å². The minimum atomic E-state index is -0.389. The topological polar surface area (TPSA) is 58.9 Å². The fourth-order valence-corrected chi connectivity index (χ4v) is 3.14. The summed E-state index contributed by atoms with van der Waals surface area (Å²) in [7, 11) is 0. The van der Waals surface area contributed by atoms with Crippen molar-refractivity contribution in [2.75, 3.05) is 26.4 Å². The summed E-state index contributed by atoms with van der Waals surface area (Å²) in [6.45, 7) is 1.12. The van der Waals surface area contributed by atoms with Gasteiger partial charge in [-0.05, 0) is 24.0 Å². The molecule has 2 aromatic rings. The highest BCUT2D eigenvalue weighted by atomic mass is 16.7. The Morgan fingerprint density at radius 2 is 1.33 bits per heavy atom. The van der Waals surface area contributed by atoms with Crippen LogP contribution >= 0.6 is 0 Å². The number of aliphatic hydroxyl groups is 2. The Morgan fingerprint density at radius 3 is 1.88 bits per heavy atom. The summed E-state index contributed by atoms with van der Waals surface area (Å²) in [6.07, 6.45) is 0.765. The Labute approximate surface area is 142 Å². The van der Waals surface area contributed by atoms with E-state index in [9.17, 15) is 10.2 Å². The summed E-state index contributed by atoms with van der Waals surface area (Å²) >= 11 is 0. The first kappa shape index (κ1) is 17.1. The van der Waals surface area contributed by atoms with Gasteiger partial charge in [-0.1, -0.05) is 54.6 Å². The number of aliphatic hydroxyl groups excluding tert-OH is 2. The number of ether oxygens (including phenoxy) is 2. The molecule has 2 aromatic carbocycles. The second-order valence-electron chi connectivity index (χ2n) is 6.39. The van der Waals surface area contributed by atoms with E-state index in [-0.39, 0.29) is 24.9 Å². The minimum absolute atomic E-state index is 0.0726. The zero-order valence-corrected chi connectivity index (χ0v) is 13.7. The fraction of sp³-hybridized carbons (Fsp3) is 0.400. The van der Waals surface area contributed by atoms with Crippen LogP contribution in [0.15, 0.2) is 54.6 Å². The van der Waals surface area contributed by atoms with E-state index in [0.717, 1.165) is 11.1 Å². The Morgan fingerprint density at radius 1 is 0.792 bits per heavy atom. The summed E-state index contributed by atoms with van der Waals surface area (Å²) in [5, 5.41) is 18.5. The van der Waals surface area contributed by atoms with Crippen molar-refractivity contribution in [3.05, 3.63) is 60.2 Å². The lowest BCUT2D eigenvalue weighted by Gasteiger charge is -2.39. The van der Waals surface area contributed by atoms with Gasteiger partial charge in [0.05, 0.1) is 13.2 Å². The summed E-state index contributed by atoms with van der Waals surface area (Å²) in [4.78, 5) is 0. The van der Waals surface area contributed by atoms with Crippen molar-refractivity contribution in [3.8, 4) is 11.1 Å². The van der Waals surface area contributed by atoms with Gasteiger partial charge in [-0.2, -0.15) is 0 Å². The summed E-state index contributed by atoms with van der Waals surface area (Å²) in [5.74, 6) is 0. The van der Waals surface area contributed by atoms with Crippen LogP contribution in [0, 0.1) is 5.41 Å². The molecule has 2 N–H and O–H groups in total. The molecule has 0 amide bonds.